The quantitative estimate of drug-likeness (QED) is 0.708. The second kappa shape index (κ2) is 7.55. The van der Waals surface area contributed by atoms with E-state index < -0.39 is 0 Å². The fourth-order valence-corrected chi connectivity index (χ4v) is 2.99. The van der Waals surface area contributed by atoms with Crippen LogP contribution in [0.1, 0.15) is 22.5 Å². The molecule has 2 aromatic heterocycles. The van der Waals surface area contributed by atoms with Gasteiger partial charge in [0, 0.05) is 36.5 Å². The van der Waals surface area contributed by atoms with Crippen molar-refractivity contribution in [1.82, 2.24) is 20.4 Å². The molecule has 1 fully saturated rings. The Morgan fingerprint density at radius 3 is 2.81 bits per heavy atom. The van der Waals surface area contributed by atoms with E-state index in [9.17, 15) is 9.90 Å². The van der Waals surface area contributed by atoms with E-state index >= 15 is 0 Å². The van der Waals surface area contributed by atoms with Crippen LogP contribution >= 0.6 is 0 Å². The van der Waals surface area contributed by atoms with E-state index in [4.69, 9.17) is 4.52 Å². The highest BCUT2D eigenvalue weighted by atomic mass is 16.5. The number of hydrogen-bond donors (Lipinski definition) is 2. The van der Waals surface area contributed by atoms with Gasteiger partial charge in [-0.25, -0.2) is 9.97 Å². The SMILES string of the molecule is O=C(NCc1ccon1)c1ccc(-c2nccc(N3CC[C@@H](O)C3)n2)cc1. The Labute approximate surface area is 155 Å². The smallest absolute Gasteiger partial charge is 0.251 e. The number of aliphatic hydroxyl groups excluding tert-OH is 1. The molecule has 1 atom stereocenters. The lowest BCUT2D eigenvalue weighted by Crippen LogP contribution is -2.23. The lowest BCUT2D eigenvalue weighted by Gasteiger charge is -2.16. The molecule has 0 spiro atoms. The van der Waals surface area contributed by atoms with Crippen molar-refractivity contribution >= 4 is 11.7 Å². The highest BCUT2D eigenvalue weighted by Gasteiger charge is 2.21. The molecule has 27 heavy (non-hydrogen) atoms. The number of nitrogens with one attached hydrogen (secondary N) is 1. The molecule has 138 valence electrons. The third kappa shape index (κ3) is 3.95. The van der Waals surface area contributed by atoms with Crippen LogP contribution < -0.4 is 10.2 Å². The minimum atomic E-state index is -0.307. The lowest BCUT2D eigenvalue weighted by molar-refractivity contribution is 0.0950. The van der Waals surface area contributed by atoms with Crippen molar-refractivity contribution in [1.29, 1.82) is 0 Å². The predicted molar refractivity (Wildman–Crippen MR) is 98.0 cm³/mol. The van der Waals surface area contributed by atoms with Crippen LogP contribution in [0.4, 0.5) is 5.82 Å². The number of benzene rings is 1. The van der Waals surface area contributed by atoms with Crippen LogP contribution in [0.3, 0.4) is 0 Å². The molecule has 1 saturated heterocycles. The number of carbonyl (C=O) groups is 1. The molecule has 4 rings (SSSR count). The second-order valence-corrected chi connectivity index (χ2v) is 6.38. The maximum absolute atomic E-state index is 12.2. The Morgan fingerprint density at radius 1 is 1.26 bits per heavy atom. The van der Waals surface area contributed by atoms with Gasteiger partial charge >= 0.3 is 0 Å². The van der Waals surface area contributed by atoms with Crippen LogP contribution in [0.15, 0.2) is 53.4 Å². The summed E-state index contributed by atoms with van der Waals surface area (Å²) in [7, 11) is 0. The first kappa shape index (κ1) is 17.2. The van der Waals surface area contributed by atoms with Crippen molar-refractivity contribution in [3.05, 3.63) is 60.1 Å². The summed E-state index contributed by atoms with van der Waals surface area (Å²) in [6.45, 7) is 1.67. The largest absolute Gasteiger partial charge is 0.391 e. The van der Waals surface area contributed by atoms with Gasteiger partial charge in [-0.3, -0.25) is 4.79 Å². The molecule has 2 N–H and O–H groups in total. The number of aromatic nitrogens is 3. The third-order valence-electron chi connectivity index (χ3n) is 4.45. The molecule has 3 heterocycles. The summed E-state index contributed by atoms with van der Waals surface area (Å²) in [5, 5.41) is 16.2. The summed E-state index contributed by atoms with van der Waals surface area (Å²) in [5.41, 5.74) is 2.03. The minimum Gasteiger partial charge on any atom is -0.391 e. The summed E-state index contributed by atoms with van der Waals surface area (Å²) < 4.78 is 4.74. The van der Waals surface area contributed by atoms with E-state index in [2.05, 4.69) is 20.4 Å². The predicted octanol–water partition coefficient (Wildman–Crippen LogP) is 1.63. The molecule has 0 unspecified atom stereocenters. The first-order valence-electron chi connectivity index (χ1n) is 8.73. The van der Waals surface area contributed by atoms with E-state index in [0.29, 0.717) is 30.2 Å². The summed E-state index contributed by atoms with van der Waals surface area (Å²) in [6.07, 6.45) is 3.62. The molecule has 1 amide bonds. The van der Waals surface area contributed by atoms with Crippen molar-refractivity contribution in [2.24, 2.45) is 0 Å². The molecule has 0 radical (unpaired) electrons. The Kier molecular flexibility index (Phi) is 4.80. The fourth-order valence-electron chi connectivity index (χ4n) is 2.99. The molecule has 8 heteroatoms. The summed E-state index contributed by atoms with van der Waals surface area (Å²) in [4.78, 5) is 23.2. The van der Waals surface area contributed by atoms with E-state index in [0.717, 1.165) is 24.3 Å². The Balaban J connectivity index is 1.45. The van der Waals surface area contributed by atoms with Gasteiger partial charge in [0.15, 0.2) is 5.82 Å². The van der Waals surface area contributed by atoms with Crippen LogP contribution in [0.5, 0.6) is 0 Å². The molecule has 0 saturated carbocycles. The highest BCUT2D eigenvalue weighted by molar-refractivity contribution is 5.94. The standard InChI is InChI=1S/C19H19N5O3/c25-16-6-9-24(12-16)17-5-8-20-18(22-17)13-1-3-14(4-2-13)19(26)21-11-15-7-10-27-23-15/h1-5,7-8,10,16,25H,6,9,11-12H2,(H,21,26)/t16-/m1/s1. The molecule has 8 nitrogen and oxygen atoms in total. The maximum Gasteiger partial charge on any atom is 0.251 e. The zero-order valence-corrected chi connectivity index (χ0v) is 14.6. The number of hydrogen-bond acceptors (Lipinski definition) is 7. The van der Waals surface area contributed by atoms with Crippen LogP contribution in [-0.2, 0) is 6.54 Å². The second-order valence-electron chi connectivity index (χ2n) is 6.38. The van der Waals surface area contributed by atoms with Gasteiger partial charge in [0.2, 0.25) is 0 Å². The van der Waals surface area contributed by atoms with Crippen molar-refractivity contribution in [2.75, 3.05) is 18.0 Å². The number of nitrogens with zero attached hydrogens (tertiary/aromatic N) is 4. The summed E-state index contributed by atoms with van der Waals surface area (Å²) >= 11 is 0. The van der Waals surface area contributed by atoms with E-state index in [-0.39, 0.29) is 12.0 Å². The van der Waals surface area contributed by atoms with Gasteiger partial charge in [0.05, 0.1) is 12.6 Å². The van der Waals surface area contributed by atoms with E-state index in [1.807, 2.05) is 23.1 Å². The molecule has 1 aliphatic heterocycles. The number of β-amino-alcohol motifs (C(OH)–C–C–N with tert-alkyl or cyclic N) is 1. The normalized spacial score (nSPS) is 16.5. The fraction of sp³-hybridized carbons (Fsp3) is 0.263. The highest BCUT2D eigenvalue weighted by Crippen LogP contribution is 2.22. The topological polar surface area (TPSA) is 104 Å². The van der Waals surface area contributed by atoms with E-state index in [1.54, 1.807) is 24.4 Å². The number of aliphatic hydroxyl groups is 1. The number of anilines is 1. The average molecular weight is 365 g/mol. The Morgan fingerprint density at radius 2 is 2.11 bits per heavy atom. The van der Waals surface area contributed by atoms with Crippen LogP contribution in [0.25, 0.3) is 11.4 Å². The molecular formula is C19H19N5O3. The number of amides is 1. The molecular weight excluding hydrogens is 346 g/mol. The van der Waals surface area contributed by atoms with Gasteiger partial charge in [-0.05, 0) is 24.6 Å². The lowest BCUT2D eigenvalue weighted by atomic mass is 10.1. The number of carbonyl (C=O) groups excluding carboxylic acids is 1. The zero-order valence-electron chi connectivity index (χ0n) is 14.6. The van der Waals surface area contributed by atoms with Crippen LogP contribution in [0.2, 0.25) is 0 Å². The van der Waals surface area contributed by atoms with Gasteiger partial charge in [-0.2, -0.15) is 0 Å². The maximum atomic E-state index is 12.2. The summed E-state index contributed by atoms with van der Waals surface area (Å²) in [5.74, 6) is 1.19. The van der Waals surface area contributed by atoms with Crippen molar-refractivity contribution < 1.29 is 14.4 Å². The van der Waals surface area contributed by atoms with Gasteiger partial charge in [0.1, 0.15) is 17.8 Å². The zero-order chi connectivity index (χ0) is 18.6. The monoisotopic (exact) mass is 365 g/mol. The van der Waals surface area contributed by atoms with Crippen LogP contribution in [-0.4, -0.2) is 45.3 Å². The van der Waals surface area contributed by atoms with Crippen LogP contribution in [0, 0.1) is 0 Å². The first-order chi connectivity index (χ1) is 13.2. The van der Waals surface area contributed by atoms with Crippen molar-refractivity contribution in [3.63, 3.8) is 0 Å². The average Bonchev–Trinajstić information content (AvgIpc) is 3.38. The molecule has 1 aliphatic rings. The molecule has 0 bridgehead atoms. The Hall–Kier alpha value is -3.26. The minimum absolute atomic E-state index is 0.190. The first-order valence-corrected chi connectivity index (χ1v) is 8.73. The van der Waals surface area contributed by atoms with Crippen molar-refractivity contribution in [3.8, 4) is 11.4 Å². The Bertz CT molecular complexity index is 911. The van der Waals surface area contributed by atoms with Gasteiger partial charge in [-0.15, -0.1) is 0 Å². The molecule has 3 aromatic rings. The molecule has 0 aliphatic carbocycles. The van der Waals surface area contributed by atoms with Gasteiger partial charge in [-0.1, -0.05) is 17.3 Å². The van der Waals surface area contributed by atoms with Gasteiger partial charge in [0.25, 0.3) is 5.91 Å². The van der Waals surface area contributed by atoms with Gasteiger partial charge < -0.3 is 19.8 Å². The molecule has 1 aromatic carbocycles. The third-order valence-corrected chi connectivity index (χ3v) is 4.45. The van der Waals surface area contributed by atoms with E-state index in [1.165, 1.54) is 6.26 Å². The number of rotatable bonds is 5. The van der Waals surface area contributed by atoms with Crippen molar-refractivity contribution in [2.45, 2.75) is 19.1 Å². The summed E-state index contributed by atoms with van der Waals surface area (Å²) in [6, 6.07) is 10.7.